The quantitative estimate of drug-likeness (QED) is 0.743. The summed E-state index contributed by atoms with van der Waals surface area (Å²) < 4.78 is 15.8. The van der Waals surface area contributed by atoms with Crippen LogP contribution in [-0.4, -0.2) is 30.3 Å². The molecule has 1 aromatic heterocycles. The van der Waals surface area contributed by atoms with Crippen LogP contribution < -0.4 is 14.2 Å². The van der Waals surface area contributed by atoms with Crippen LogP contribution >= 0.6 is 0 Å². The molecular weight excluding hydrogens is 258 g/mol. The highest BCUT2D eigenvalue weighted by Crippen LogP contribution is 2.26. The highest BCUT2D eigenvalue weighted by atomic mass is 16.5. The van der Waals surface area contributed by atoms with Crippen molar-refractivity contribution in [2.75, 3.05) is 14.2 Å². The van der Waals surface area contributed by atoms with Gasteiger partial charge in [0.1, 0.15) is 6.10 Å². The predicted molar refractivity (Wildman–Crippen MR) is 73.8 cm³/mol. The van der Waals surface area contributed by atoms with Crippen molar-refractivity contribution in [2.24, 2.45) is 5.41 Å². The second kappa shape index (κ2) is 6.75. The molecule has 0 bridgehead atoms. The van der Waals surface area contributed by atoms with Gasteiger partial charge in [-0.3, -0.25) is 0 Å². The molecule has 20 heavy (non-hydrogen) atoms. The van der Waals surface area contributed by atoms with Crippen LogP contribution in [0.3, 0.4) is 0 Å². The largest absolute Gasteiger partial charge is 0.481 e. The van der Waals surface area contributed by atoms with Gasteiger partial charge in [0.25, 0.3) is 0 Å². The van der Waals surface area contributed by atoms with Crippen LogP contribution in [0.15, 0.2) is 18.2 Å². The molecule has 1 heterocycles. The first-order valence-corrected chi connectivity index (χ1v) is 6.14. The second-order valence-corrected chi connectivity index (χ2v) is 4.63. The van der Waals surface area contributed by atoms with Gasteiger partial charge < -0.3 is 14.2 Å². The van der Waals surface area contributed by atoms with E-state index in [-0.39, 0.29) is 6.01 Å². The lowest BCUT2D eigenvalue weighted by atomic mass is 9.88. The molecule has 0 saturated carbocycles. The molecule has 0 fully saturated rings. The van der Waals surface area contributed by atoms with Crippen molar-refractivity contribution < 1.29 is 14.2 Å². The van der Waals surface area contributed by atoms with E-state index in [1.165, 1.54) is 14.2 Å². The maximum atomic E-state index is 9.22. The van der Waals surface area contributed by atoms with Crippen LogP contribution in [0.5, 0.6) is 17.8 Å². The van der Waals surface area contributed by atoms with Crippen molar-refractivity contribution in [3.63, 3.8) is 0 Å². The van der Waals surface area contributed by atoms with Crippen LogP contribution in [0.25, 0.3) is 0 Å². The molecule has 1 unspecified atom stereocenters. The Morgan fingerprint density at radius 2 is 1.80 bits per heavy atom. The van der Waals surface area contributed by atoms with Gasteiger partial charge >= 0.3 is 6.01 Å². The molecule has 0 radical (unpaired) electrons. The number of aromatic nitrogens is 2. The Balaban J connectivity index is 3.08. The summed E-state index contributed by atoms with van der Waals surface area (Å²) in [7, 11) is 2.99. The summed E-state index contributed by atoms with van der Waals surface area (Å²) in [5, 5.41) is 9.22. The van der Waals surface area contributed by atoms with E-state index in [1.54, 1.807) is 26.0 Å². The third-order valence-corrected chi connectivity index (χ3v) is 2.68. The van der Waals surface area contributed by atoms with Gasteiger partial charge in [-0.2, -0.15) is 15.2 Å². The van der Waals surface area contributed by atoms with Crippen molar-refractivity contribution in [1.29, 1.82) is 5.26 Å². The fourth-order valence-corrected chi connectivity index (χ4v) is 1.42. The number of rotatable bonds is 6. The smallest absolute Gasteiger partial charge is 0.323 e. The standard InChI is InChI=1S/C14H19N3O3/c1-6-7-10(14(2,3)9-15)20-13-16-11(18-4)8-12(17-13)19-5/h6-8,10H,1-5H3/b7-6+. The van der Waals surface area contributed by atoms with Crippen molar-refractivity contribution in [2.45, 2.75) is 26.9 Å². The fourth-order valence-electron chi connectivity index (χ4n) is 1.42. The zero-order valence-electron chi connectivity index (χ0n) is 12.4. The van der Waals surface area contributed by atoms with Crippen molar-refractivity contribution in [1.82, 2.24) is 9.97 Å². The summed E-state index contributed by atoms with van der Waals surface area (Å²) in [6.07, 6.45) is 3.13. The topological polar surface area (TPSA) is 77.3 Å². The Kier molecular flexibility index (Phi) is 5.32. The minimum absolute atomic E-state index is 0.104. The lowest BCUT2D eigenvalue weighted by molar-refractivity contribution is 0.139. The number of nitriles is 1. The Hall–Kier alpha value is -2.29. The SMILES string of the molecule is C/C=C/C(Oc1nc(OC)cc(OC)n1)C(C)(C)C#N. The van der Waals surface area contributed by atoms with Crippen molar-refractivity contribution in [3.05, 3.63) is 18.2 Å². The van der Waals surface area contributed by atoms with E-state index >= 15 is 0 Å². The summed E-state index contributed by atoms with van der Waals surface area (Å²) in [4.78, 5) is 8.18. The molecule has 0 aliphatic heterocycles. The molecule has 0 N–H and O–H groups in total. The van der Waals surface area contributed by atoms with E-state index in [2.05, 4.69) is 16.0 Å². The number of allylic oxidation sites excluding steroid dienone is 1. The third kappa shape index (κ3) is 3.85. The van der Waals surface area contributed by atoms with Crippen molar-refractivity contribution >= 4 is 0 Å². The van der Waals surface area contributed by atoms with Gasteiger partial charge in [-0.15, -0.1) is 0 Å². The van der Waals surface area contributed by atoms with Crippen LogP contribution in [-0.2, 0) is 0 Å². The number of hydrogen-bond acceptors (Lipinski definition) is 6. The van der Waals surface area contributed by atoms with Gasteiger partial charge in [-0.1, -0.05) is 6.08 Å². The number of methoxy groups -OCH3 is 2. The lowest BCUT2D eigenvalue weighted by Gasteiger charge is -2.25. The van der Waals surface area contributed by atoms with Crippen molar-refractivity contribution in [3.8, 4) is 23.8 Å². The first-order chi connectivity index (χ1) is 9.46. The third-order valence-electron chi connectivity index (χ3n) is 2.68. The zero-order valence-corrected chi connectivity index (χ0v) is 12.4. The molecule has 0 amide bonds. The molecule has 108 valence electrons. The lowest BCUT2D eigenvalue weighted by Crippen LogP contribution is -2.32. The van der Waals surface area contributed by atoms with E-state index in [4.69, 9.17) is 14.2 Å². The molecule has 1 atom stereocenters. The molecule has 0 aliphatic rings. The maximum Gasteiger partial charge on any atom is 0.323 e. The zero-order chi connectivity index (χ0) is 15.2. The van der Waals surface area contributed by atoms with Gasteiger partial charge in [0.05, 0.1) is 31.8 Å². The summed E-state index contributed by atoms with van der Waals surface area (Å²) in [6, 6.07) is 3.86. The van der Waals surface area contributed by atoms with Gasteiger partial charge in [-0.05, 0) is 26.8 Å². The van der Waals surface area contributed by atoms with Gasteiger partial charge in [0.2, 0.25) is 11.8 Å². The molecule has 1 aromatic rings. The van der Waals surface area contributed by atoms with E-state index in [9.17, 15) is 5.26 Å². The van der Waals surface area contributed by atoms with E-state index in [1.807, 2.05) is 13.0 Å². The average molecular weight is 277 g/mol. The molecular formula is C14H19N3O3. The predicted octanol–water partition coefficient (Wildman–Crippen LogP) is 2.37. The Bertz CT molecular complexity index is 499. The highest BCUT2D eigenvalue weighted by Gasteiger charge is 2.30. The monoisotopic (exact) mass is 277 g/mol. The number of nitrogens with zero attached hydrogens (tertiary/aromatic N) is 3. The Morgan fingerprint density at radius 3 is 2.20 bits per heavy atom. The molecule has 0 aromatic carbocycles. The Labute approximate surface area is 119 Å². The van der Waals surface area contributed by atoms with E-state index < -0.39 is 11.5 Å². The maximum absolute atomic E-state index is 9.22. The van der Waals surface area contributed by atoms with Crippen LogP contribution in [0, 0.1) is 16.7 Å². The molecule has 6 heteroatoms. The van der Waals surface area contributed by atoms with Gasteiger partial charge in [0, 0.05) is 0 Å². The minimum Gasteiger partial charge on any atom is -0.481 e. The molecule has 0 aliphatic carbocycles. The van der Waals surface area contributed by atoms with Crippen LogP contribution in [0.4, 0.5) is 0 Å². The van der Waals surface area contributed by atoms with Crippen LogP contribution in [0.2, 0.25) is 0 Å². The number of ether oxygens (including phenoxy) is 3. The summed E-state index contributed by atoms with van der Waals surface area (Å²) in [5.41, 5.74) is -0.716. The van der Waals surface area contributed by atoms with Gasteiger partial charge in [0.15, 0.2) is 0 Å². The summed E-state index contributed by atoms with van der Waals surface area (Å²) in [5.74, 6) is 0.668. The minimum atomic E-state index is -0.716. The van der Waals surface area contributed by atoms with E-state index in [0.29, 0.717) is 11.8 Å². The van der Waals surface area contributed by atoms with Gasteiger partial charge in [-0.25, -0.2) is 0 Å². The fraction of sp³-hybridized carbons (Fsp3) is 0.500. The summed E-state index contributed by atoms with van der Waals surface area (Å²) in [6.45, 7) is 5.43. The van der Waals surface area contributed by atoms with Crippen LogP contribution in [0.1, 0.15) is 20.8 Å². The molecule has 0 spiro atoms. The molecule has 1 rings (SSSR count). The molecule has 0 saturated heterocycles. The molecule has 6 nitrogen and oxygen atoms in total. The normalized spacial score (nSPS) is 12.8. The van der Waals surface area contributed by atoms with E-state index in [0.717, 1.165) is 0 Å². The summed E-state index contributed by atoms with van der Waals surface area (Å²) >= 11 is 0. The number of hydrogen-bond donors (Lipinski definition) is 0. The second-order valence-electron chi connectivity index (χ2n) is 4.63. The Morgan fingerprint density at radius 1 is 1.25 bits per heavy atom. The highest BCUT2D eigenvalue weighted by molar-refractivity contribution is 5.23. The first-order valence-electron chi connectivity index (χ1n) is 6.14. The average Bonchev–Trinajstić information content (AvgIpc) is 2.46. The first kappa shape index (κ1) is 15.8.